The Balaban J connectivity index is 0.00000243. The number of hydrogen-bond acceptors (Lipinski definition) is 4. The SMILES string of the molecule is Cl.O=C(CCSc1ccccc1Cl)N1CCCC(N2CCNCC2=O)C1. The zero-order valence-corrected chi connectivity index (χ0v) is 17.0. The zero-order valence-electron chi connectivity index (χ0n) is 14.7. The lowest BCUT2D eigenvalue weighted by atomic mass is 10.0. The molecule has 2 amide bonds. The van der Waals surface area contributed by atoms with Crippen molar-refractivity contribution in [3.05, 3.63) is 29.3 Å². The minimum absolute atomic E-state index is 0. The number of hydrogen-bond donors (Lipinski definition) is 1. The molecule has 2 aliphatic heterocycles. The highest BCUT2D eigenvalue weighted by molar-refractivity contribution is 7.99. The molecule has 1 aromatic carbocycles. The van der Waals surface area contributed by atoms with Gasteiger partial charge in [0.2, 0.25) is 11.8 Å². The summed E-state index contributed by atoms with van der Waals surface area (Å²) in [6, 6.07) is 7.87. The van der Waals surface area contributed by atoms with Crippen LogP contribution in [0.25, 0.3) is 0 Å². The van der Waals surface area contributed by atoms with E-state index in [0.29, 0.717) is 19.5 Å². The number of piperidine rings is 1. The number of thioether (sulfide) groups is 1. The highest BCUT2D eigenvalue weighted by Crippen LogP contribution is 2.27. The van der Waals surface area contributed by atoms with Crippen molar-refractivity contribution in [2.75, 3.05) is 38.5 Å². The molecule has 0 aliphatic carbocycles. The summed E-state index contributed by atoms with van der Waals surface area (Å²) in [5.41, 5.74) is 0. The van der Waals surface area contributed by atoms with Gasteiger partial charge < -0.3 is 15.1 Å². The van der Waals surface area contributed by atoms with E-state index >= 15 is 0 Å². The maximum Gasteiger partial charge on any atom is 0.236 e. The number of amides is 2. The summed E-state index contributed by atoms with van der Waals surface area (Å²) >= 11 is 7.76. The second-order valence-electron chi connectivity index (χ2n) is 6.43. The Morgan fingerprint density at radius 1 is 1.31 bits per heavy atom. The van der Waals surface area contributed by atoms with Gasteiger partial charge in [0.05, 0.1) is 11.6 Å². The molecule has 1 atom stereocenters. The zero-order chi connectivity index (χ0) is 17.6. The van der Waals surface area contributed by atoms with Gasteiger partial charge in [-0.05, 0) is 25.0 Å². The van der Waals surface area contributed by atoms with Crippen LogP contribution in [-0.4, -0.2) is 66.1 Å². The molecule has 2 saturated heterocycles. The van der Waals surface area contributed by atoms with Gasteiger partial charge in [0.25, 0.3) is 0 Å². The Labute approximate surface area is 170 Å². The third-order valence-corrected chi connectivity index (χ3v) is 6.24. The van der Waals surface area contributed by atoms with Crippen LogP contribution in [0, 0.1) is 0 Å². The third-order valence-electron chi connectivity index (χ3n) is 4.73. The molecule has 0 bridgehead atoms. The molecule has 8 heteroatoms. The van der Waals surface area contributed by atoms with Crippen molar-refractivity contribution in [2.45, 2.75) is 30.2 Å². The standard InChI is InChI=1S/C18H24ClN3O2S.ClH/c19-15-5-1-2-6-16(15)25-11-7-17(23)21-9-3-4-14(13-21)22-10-8-20-12-18(22)24;/h1-2,5-6,14,20H,3-4,7-13H2;1H. The van der Waals surface area contributed by atoms with E-state index in [9.17, 15) is 9.59 Å². The summed E-state index contributed by atoms with van der Waals surface area (Å²) in [4.78, 5) is 29.5. The van der Waals surface area contributed by atoms with Crippen molar-refractivity contribution in [3.8, 4) is 0 Å². The van der Waals surface area contributed by atoms with Crippen molar-refractivity contribution in [1.82, 2.24) is 15.1 Å². The number of nitrogens with zero attached hydrogens (tertiary/aromatic N) is 2. The number of nitrogens with one attached hydrogen (secondary N) is 1. The van der Waals surface area contributed by atoms with Crippen LogP contribution in [0.4, 0.5) is 0 Å². The van der Waals surface area contributed by atoms with Gasteiger partial charge >= 0.3 is 0 Å². The van der Waals surface area contributed by atoms with Crippen LogP contribution in [0.15, 0.2) is 29.2 Å². The summed E-state index contributed by atoms with van der Waals surface area (Å²) in [5.74, 6) is 1.04. The smallest absolute Gasteiger partial charge is 0.236 e. The van der Waals surface area contributed by atoms with Crippen molar-refractivity contribution in [1.29, 1.82) is 0 Å². The Hall–Kier alpha value is -0.950. The molecule has 0 spiro atoms. The summed E-state index contributed by atoms with van der Waals surface area (Å²) in [6.45, 7) is 3.46. The first-order valence-corrected chi connectivity index (χ1v) is 10.2. The highest BCUT2D eigenvalue weighted by atomic mass is 35.5. The molecular formula is C18H25Cl2N3O2S. The second kappa shape index (κ2) is 10.4. The predicted octanol–water partition coefficient (Wildman–Crippen LogP) is 2.67. The van der Waals surface area contributed by atoms with E-state index < -0.39 is 0 Å². The van der Waals surface area contributed by atoms with Crippen LogP contribution >= 0.6 is 35.8 Å². The van der Waals surface area contributed by atoms with E-state index in [2.05, 4.69) is 5.32 Å². The average Bonchev–Trinajstić information content (AvgIpc) is 2.64. The minimum atomic E-state index is 0. The fraction of sp³-hybridized carbons (Fsp3) is 0.556. The minimum Gasteiger partial charge on any atom is -0.341 e. The van der Waals surface area contributed by atoms with Crippen LogP contribution in [-0.2, 0) is 9.59 Å². The molecule has 2 aliphatic rings. The summed E-state index contributed by atoms with van der Waals surface area (Å²) in [6.07, 6.45) is 2.45. The quantitative estimate of drug-likeness (QED) is 0.748. The monoisotopic (exact) mass is 417 g/mol. The number of carbonyl (C=O) groups excluding carboxylic acids is 2. The number of likely N-dealkylation sites (tertiary alicyclic amines) is 1. The lowest BCUT2D eigenvalue weighted by Gasteiger charge is -2.41. The molecule has 144 valence electrons. The van der Waals surface area contributed by atoms with Crippen LogP contribution in [0.1, 0.15) is 19.3 Å². The average molecular weight is 418 g/mol. The van der Waals surface area contributed by atoms with E-state index in [0.717, 1.165) is 48.1 Å². The molecule has 0 saturated carbocycles. The van der Waals surface area contributed by atoms with Crippen molar-refractivity contribution >= 4 is 47.6 Å². The number of piperazine rings is 1. The molecule has 0 radical (unpaired) electrons. The maximum absolute atomic E-state index is 12.5. The Bertz CT molecular complexity index is 632. The van der Waals surface area contributed by atoms with E-state index in [4.69, 9.17) is 11.6 Å². The van der Waals surface area contributed by atoms with Gasteiger partial charge in [-0.3, -0.25) is 9.59 Å². The van der Waals surface area contributed by atoms with Crippen LogP contribution in [0.5, 0.6) is 0 Å². The number of benzene rings is 1. The Morgan fingerprint density at radius 3 is 2.88 bits per heavy atom. The molecule has 1 aromatic rings. The molecule has 26 heavy (non-hydrogen) atoms. The number of rotatable bonds is 5. The molecule has 1 unspecified atom stereocenters. The van der Waals surface area contributed by atoms with Crippen molar-refractivity contribution < 1.29 is 9.59 Å². The van der Waals surface area contributed by atoms with Gasteiger partial charge in [-0.1, -0.05) is 23.7 Å². The van der Waals surface area contributed by atoms with E-state index in [1.807, 2.05) is 34.1 Å². The van der Waals surface area contributed by atoms with Gasteiger partial charge in [-0.25, -0.2) is 0 Å². The molecule has 0 aromatic heterocycles. The normalized spacial score (nSPS) is 20.7. The van der Waals surface area contributed by atoms with Gasteiger partial charge in [0.1, 0.15) is 0 Å². The number of halogens is 2. The third kappa shape index (κ3) is 5.52. The topological polar surface area (TPSA) is 52.7 Å². The maximum atomic E-state index is 12.5. The van der Waals surface area contributed by atoms with Crippen LogP contribution in [0.3, 0.4) is 0 Å². The van der Waals surface area contributed by atoms with Gasteiger partial charge in [-0.15, -0.1) is 24.2 Å². The molecular weight excluding hydrogens is 393 g/mol. The fourth-order valence-corrected chi connectivity index (χ4v) is 4.59. The lowest BCUT2D eigenvalue weighted by Crippen LogP contribution is -2.57. The first-order chi connectivity index (χ1) is 12.1. The second-order valence-corrected chi connectivity index (χ2v) is 7.97. The van der Waals surface area contributed by atoms with Gasteiger partial charge in [-0.2, -0.15) is 0 Å². The number of carbonyl (C=O) groups is 2. The first-order valence-electron chi connectivity index (χ1n) is 8.80. The largest absolute Gasteiger partial charge is 0.341 e. The van der Waals surface area contributed by atoms with Crippen molar-refractivity contribution in [2.24, 2.45) is 0 Å². The lowest BCUT2D eigenvalue weighted by molar-refractivity contribution is -0.140. The van der Waals surface area contributed by atoms with E-state index in [1.54, 1.807) is 11.8 Å². The van der Waals surface area contributed by atoms with Crippen molar-refractivity contribution in [3.63, 3.8) is 0 Å². The fourth-order valence-electron chi connectivity index (χ4n) is 3.41. The Kier molecular flexibility index (Phi) is 8.54. The van der Waals surface area contributed by atoms with Crippen LogP contribution < -0.4 is 5.32 Å². The molecule has 2 fully saturated rings. The molecule has 5 nitrogen and oxygen atoms in total. The van der Waals surface area contributed by atoms with Crippen LogP contribution in [0.2, 0.25) is 5.02 Å². The van der Waals surface area contributed by atoms with E-state index in [-0.39, 0.29) is 30.3 Å². The summed E-state index contributed by atoms with van der Waals surface area (Å²) in [5, 5.41) is 3.83. The van der Waals surface area contributed by atoms with Gasteiger partial charge in [0, 0.05) is 49.3 Å². The molecule has 3 rings (SSSR count). The summed E-state index contributed by atoms with van der Waals surface area (Å²) < 4.78 is 0. The summed E-state index contributed by atoms with van der Waals surface area (Å²) in [7, 11) is 0. The first kappa shape index (κ1) is 21.4. The van der Waals surface area contributed by atoms with Gasteiger partial charge in [0.15, 0.2) is 0 Å². The Morgan fingerprint density at radius 2 is 2.12 bits per heavy atom. The van der Waals surface area contributed by atoms with E-state index in [1.165, 1.54) is 0 Å². The molecule has 2 heterocycles. The molecule has 1 N–H and O–H groups in total. The predicted molar refractivity (Wildman–Crippen MR) is 108 cm³/mol. The highest BCUT2D eigenvalue weighted by Gasteiger charge is 2.31.